The quantitative estimate of drug-likeness (QED) is 0.444. The molecular weight excluding hydrogens is 423 g/mol. The molecule has 0 bridgehead atoms. The number of likely N-dealkylation sites (N-methyl/N-ethyl adjacent to an activating group) is 1. The van der Waals surface area contributed by atoms with Gasteiger partial charge in [0.05, 0.1) is 23.6 Å². The van der Waals surface area contributed by atoms with Crippen LogP contribution < -0.4 is 10.2 Å². The summed E-state index contributed by atoms with van der Waals surface area (Å²) in [5.41, 5.74) is 0.868. The highest BCUT2D eigenvalue weighted by Gasteiger charge is 2.42. The molecule has 1 unspecified atom stereocenters. The van der Waals surface area contributed by atoms with Crippen LogP contribution in [-0.4, -0.2) is 49.5 Å². The molecule has 1 aliphatic heterocycles. The maximum atomic E-state index is 13.9. The number of unbranched alkanes of at least 4 members (excludes halogenated alkanes) is 2. The number of fused-ring (bicyclic) bond motifs is 2. The summed E-state index contributed by atoms with van der Waals surface area (Å²) in [4.78, 5) is 30.3. The molecule has 4 rings (SSSR count). The first-order valence-corrected chi connectivity index (χ1v) is 11.4. The SMILES string of the molecule is CCCCCOc1ccc(C2c3c(oc4ccc(F)cc4c3=O)C(=O)N2CCN(C)C)cc1. The van der Waals surface area contributed by atoms with Crippen LogP contribution >= 0.6 is 0 Å². The molecule has 0 aliphatic carbocycles. The topological polar surface area (TPSA) is 63.0 Å². The van der Waals surface area contributed by atoms with E-state index in [1.165, 1.54) is 18.2 Å². The molecule has 7 heteroatoms. The summed E-state index contributed by atoms with van der Waals surface area (Å²) >= 11 is 0. The third-order valence-electron chi connectivity index (χ3n) is 5.93. The first-order chi connectivity index (χ1) is 15.9. The molecule has 2 aromatic carbocycles. The maximum absolute atomic E-state index is 13.9. The lowest BCUT2D eigenvalue weighted by Crippen LogP contribution is -2.35. The van der Waals surface area contributed by atoms with E-state index in [9.17, 15) is 14.0 Å². The fourth-order valence-corrected chi connectivity index (χ4v) is 4.17. The number of benzene rings is 2. The first kappa shape index (κ1) is 23.0. The van der Waals surface area contributed by atoms with Gasteiger partial charge in [-0.1, -0.05) is 31.9 Å². The highest BCUT2D eigenvalue weighted by atomic mass is 19.1. The number of ether oxygens (including phenoxy) is 1. The van der Waals surface area contributed by atoms with Crippen molar-refractivity contribution in [3.63, 3.8) is 0 Å². The Hall–Kier alpha value is -3.19. The minimum atomic E-state index is -0.606. The highest BCUT2D eigenvalue weighted by Crippen LogP contribution is 2.38. The number of halogens is 1. The fourth-order valence-electron chi connectivity index (χ4n) is 4.17. The van der Waals surface area contributed by atoms with Crippen LogP contribution in [0.1, 0.15) is 53.9 Å². The average molecular weight is 453 g/mol. The van der Waals surface area contributed by atoms with Crippen molar-refractivity contribution in [1.82, 2.24) is 9.80 Å². The molecule has 33 heavy (non-hydrogen) atoms. The Morgan fingerprint density at radius 2 is 1.85 bits per heavy atom. The van der Waals surface area contributed by atoms with Crippen LogP contribution in [0.25, 0.3) is 11.0 Å². The number of nitrogens with zero attached hydrogens (tertiary/aromatic N) is 2. The van der Waals surface area contributed by atoms with E-state index in [1.54, 1.807) is 4.90 Å². The zero-order valence-electron chi connectivity index (χ0n) is 19.3. The Bertz CT molecular complexity index is 1200. The van der Waals surface area contributed by atoms with E-state index in [1.807, 2.05) is 43.3 Å². The van der Waals surface area contributed by atoms with Gasteiger partial charge in [0.1, 0.15) is 17.1 Å². The third-order valence-corrected chi connectivity index (χ3v) is 5.93. The fraction of sp³-hybridized carbons (Fsp3) is 0.385. The summed E-state index contributed by atoms with van der Waals surface area (Å²) in [5, 5.41) is 0.136. The van der Waals surface area contributed by atoms with Crippen molar-refractivity contribution in [2.75, 3.05) is 33.8 Å². The monoisotopic (exact) mass is 452 g/mol. The van der Waals surface area contributed by atoms with Gasteiger partial charge in [-0.05, 0) is 56.4 Å². The lowest BCUT2D eigenvalue weighted by Gasteiger charge is -2.26. The minimum Gasteiger partial charge on any atom is -0.494 e. The van der Waals surface area contributed by atoms with E-state index in [0.717, 1.165) is 30.6 Å². The largest absolute Gasteiger partial charge is 0.494 e. The summed E-state index contributed by atoms with van der Waals surface area (Å²) in [6, 6.07) is 10.6. The molecule has 1 atom stereocenters. The number of carbonyl (C=O) groups excluding carboxylic acids is 1. The van der Waals surface area contributed by atoms with Gasteiger partial charge < -0.3 is 19.0 Å². The van der Waals surface area contributed by atoms with Crippen molar-refractivity contribution in [1.29, 1.82) is 0 Å². The van der Waals surface area contributed by atoms with Gasteiger partial charge in [0, 0.05) is 13.1 Å². The van der Waals surface area contributed by atoms with E-state index >= 15 is 0 Å². The number of hydrogen-bond donors (Lipinski definition) is 0. The number of hydrogen-bond acceptors (Lipinski definition) is 5. The van der Waals surface area contributed by atoms with Crippen molar-refractivity contribution >= 4 is 16.9 Å². The predicted octanol–water partition coefficient (Wildman–Crippen LogP) is 4.61. The molecule has 0 N–H and O–H groups in total. The molecule has 1 aromatic heterocycles. The van der Waals surface area contributed by atoms with Gasteiger partial charge in [0.2, 0.25) is 5.76 Å². The van der Waals surface area contributed by atoms with E-state index in [2.05, 4.69) is 6.92 Å². The van der Waals surface area contributed by atoms with Crippen LogP contribution in [0.3, 0.4) is 0 Å². The molecule has 3 aromatic rings. The molecular formula is C26H29FN2O4. The zero-order valence-corrected chi connectivity index (χ0v) is 19.3. The molecule has 0 fully saturated rings. The Labute approximate surface area is 192 Å². The normalized spacial score (nSPS) is 15.5. The summed E-state index contributed by atoms with van der Waals surface area (Å²) in [6.07, 6.45) is 3.23. The predicted molar refractivity (Wildman–Crippen MR) is 125 cm³/mol. The molecule has 2 heterocycles. The molecule has 1 amide bonds. The van der Waals surface area contributed by atoms with Crippen LogP contribution in [0, 0.1) is 5.82 Å². The van der Waals surface area contributed by atoms with Crippen molar-refractivity contribution in [2.24, 2.45) is 0 Å². The Morgan fingerprint density at radius 1 is 1.09 bits per heavy atom. The second-order valence-electron chi connectivity index (χ2n) is 8.64. The highest BCUT2D eigenvalue weighted by molar-refractivity contribution is 5.99. The molecule has 0 saturated carbocycles. The van der Waals surface area contributed by atoms with Gasteiger partial charge in [0.25, 0.3) is 5.91 Å². The summed E-state index contributed by atoms with van der Waals surface area (Å²) < 4.78 is 25.5. The van der Waals surface area contributed by atoms with Gasteiger partial charge in [-0.2, -0.15) is 0 Å². The molecule has 0 saturated heterocycles. The van der Waals surface area contributed by atoms with Gasteiger partial charge in [-0.25, -0.2) is 4.39 Å². The second-order valence-corrected chi connectivity index (χ2v) is 8.64. The van der Waals surface area contributed by atoms with Crippen LogP contribution in [0.2, 0.25) is 0 Å². The van der Waals surface area contributed by atoms with Crippen molar-refractivity contribution in [3.05, 3.63) is 75.4 Å². The summed E-state index contributed by atoms with van der Waals surface area (Å²) in [7, 11) is 3.85. The van der Waals surface area contributed by atoms with Crippen LogP contribution in [-0.2, 0) is 0 Å². The van der Waals surface area contributed by atoms with Gasteiger partial charge in [-0.15, -0.1) is 0 Å². The van der Waals surface area contributed by atoms with Crippen molar-refractivity contribution in [3.8, 4) is 5.75 Å². The molecule has 0 spiro atoms. The number of amides is 1. The van der Waals surface area contributed by atoms with E-state index in [4.69, 9.17) is 9.15 Å². The average Bonchev–Trinajstić information content (AvgIpc) is 3.08. The Balaban J connectivity index is 1.74. The van der Waals surface area contributed by atoms with E-state index < -0.39 is 11.9 Å². The minimum absolute atomic E-state index is 0.0303. The summed E-state index contributed by atoms with van der Waals surface area (Å²) in [5.74, 6) is -0.0839. The maximum Gasteiger partial charge on any atom is 0.290 e. The Kier molecular flexibility index (Phi) is 6.79. The lowest BCUT2D eigenvalue weighted by atomic mass is 9.98. The van der Waals surface area contributed by atoms with Crippen molar-refractivity contribution in [2.45, 2.75) is 32.2 Å². The second kappa shape index (κ2) is 9.75. The van der Waals surface area contributed by atoms with Gasteiger partial charge in [-0.3, -0.25) is 9.59 Å². The number of rotatable bonds is 9. The van der Waals surface area contributed by atoms with Gasteiger partial charge in [0.15, 0.2) is 5.43 Å². The van der Waals surface area contributed by atoms with E-state index in [-0.39, 0.29) is 33.6 Å². The van der Waals surface area contributed by atoms with Crippen LogP contribution in [0.5, 0.6) is 5.75 Å². The third kappa shape index (κ3) is 4.64. The van der Waals surface area contributed by atoms with Gasteiger partial charge >= 0.3 is 0 Å². The summed E-state index contributed by atoms with van der Waals surface area (Å²) in [6.45, 7) is 3.83. The zero-order chi connectivity index (χ0) is 23.5. The number of carbonyl (C=O) groups is 1. The van der Waals surface area contributed by atoms with Crippen LogP contribution in [0.4, 0.5) is 4.39 Å². The molecule has 1 aliphatic rings. The molecule has 174 valence electrons. The standard InChI is InChI=1S/C26H29FN2O4/c1-4-5-6-15-32-19-10-7-17(8-11-19)23-22-24(30)20-16-18(27)9-12-21(20)33-25(22)26(31)29(23)14-13-28(2)3/h7-12,16,23H,4-6,13-15H2,1-3H3. The Morgan fingerprint density at radius 3 is 2.55 bits per heavy atom. The molecule has 0 radical (unpaired) electrons. The van der Waals surface area contributed by atoms with Crippen LogP contribution in [0.15, 0.2) is 51.7 Å². The lowest BCUT2D eigenvalue weighted by molar-refractivity contribution is 0.0716. The van der Waals surface area contributed by atoms with E-state index in [0.29, 0.717) is 19.7 Å². The molecule has 6 nitrogen and oxygen atoms in total. The smallest absolute Gasteiger partial charge is 0.290 e. The first-order valence-electron chi connectivity index (χ1n) is 11.4. The van der Waals surface area contributed by atoms with Crippen molar-refractivity contribution < 1.29 is 18.3 Å².